The summed E-state index contributed by atoms with van der Waals surface area (Å²) in [6.07, 6.45) is 3.20. The number of aliphatic hydroxyl groups is 1. The Morgan fingerprint density at radius 3 is 3.00 bits per heavy atom. The van der Waals surface area contributed by atoms with Crippen molar-refractivity contribution in [1.82, 2.24) is 10.6 Å². The third-order valence-corrected chi connectivity index (χ3v) is 4.65. The molecule has 2 unspecified atom stereocenters. The summed E-state index contributed by atoms with van der Waals surface area (Å²) in [7, 11) is 0. The third-order valence-electron chi connectivity index (χ3n) is 4.65. The summed E-state index contributed by atoms with van der Waals surface area (Å²) in [6, 6.07) is 12.1. The zero-order chi connectivity index (χ0) is 17.6. The molecule has 25 heavy (non-hydrogen) atoms. The van der Waals surface area contributed by atoms with E-state index in [4.69, 9.17) is 9.84 Å². The van der Waals surface area contributed by atoms with Gasteiger partial charge in [-0.25, -0.2) is 4.79 Å². The number of aliphatic hydroxyl groups excluding tert-OH is 1. The van der Waals surface area contributed by atoms with Crippen molar-refractivity contribution in [1.29, 1.82) is 0 Å². The molecule has 0 aromatic heterocycles. The summed E-state index contributed by atoms with van der Waals surface area (Å²) in [5.74, 6) is 0.884. The lowest BCUT2D eigenvalue weighted by molar-refractivity contribution is 0.230. The van der Waals surface area contributed by atoms with Crippen molar-refractivity contribution < 1.29 is 14.6 Å². The standard InChI is InChI=1S/C20H26N2O3/c1-14(6-4-12-23)21-20(24)22-18-9-5-13-25-19-16-8-3-2-7-15(16)10-11-17(18)19/h2-3,7-8,10-11,14,18,23H,4-6,9,12-13H2,1H3,(H2,21,22,24). The van der Waals surface area contributed by atoms with Crippen LogP contribution in [0.4, 0.5) is 4.79 Å². The predicted molar refractivity (Wildman–Crippen MR) is 98.9 cm³/mol. The fourth-order valence-corrected chi connectivity index (χ4v) is 3.36. The second kappa shape index (κ2) is 8.21. The molecule has 0 saturated carbocycles. The van der Waals surface area contributed by atoms with E-state index < -0.39 is 0 Å². The number of benzene rings is 2. The van der Waals surface area contributed by atoms with Crippen LogP contribution in [0.3, 0.4) is 0 Å². The van der Waals surface area contributed by atoms with Gasteiger partial charge < -0.3 is 20.5 Å². The van der Waals surface area contributed by atoms with Gasteiger partial charge in [-0.3, -0.25) is 0 Å². The Hall–Kier alpha value is -2.27. The SMILES string of the molecule is CC(CCCO)NC(=O)NC1CCCOc2c1ccc1ccccc21. The molecule has 134 valence electrons. The van der Waals surface area contributed by atoms with Gasteiger partial charge in [0.1, 0.15) is 5.75 Å². The Bertz CT molecular complexity index is 732. The van der Waals surface area contributed by atoms with Crippen LogP contribution in [0.15, 0.2) is 36.4 Å². The van der Waals surface area contributed by atoms with E-state index in [1.807, 2.05) is 19.1 Å². The molecule has 3 rings (SSSR count). The Labute approximate surface area is 148 Å². The van der Waals surface area contributed by atoms with E-state index in [0.717, 1.165) is 41.3 Å². The molecule has 0 aliphatic carbocycles. The molecule has 0 bridgehead atoms. The van der Waals surface area contributed by atoms with Gasteiger partial charge in [0.2, 0.25) is 0 Å². The number of ether oxygens (including phenoxy) is 1. The van der Waals surface area contributed by atoms with Crippen LogP contribution in [0.2, 0.25) is 0 Å². The van der Waals surface area contributed by atoms with Crippen molar-refractivity contribution in [3.05, 3.63) is 42.0 Å². The minimum absolute atomic E-state index is 0.0326. The first kappa shape index (κ1) is 17.5. The Balaban J connectivity index is 1.77. The van der Waals surface area contributed by atoms with Gasteiger partial charge in [-0.2, -0.15) is 0 Å². The molecule has 0 saturated heterocycles. The highest BCUT2D eigenvalue weighted by Crippen LogP contribution is 2.37. The molecule has 0 radical (unpaired) electrons. The first-order chi connectivity index (χ1) is 12.2. The largest absolute Gasteiger partial charge is 0.493 e. The molecule has 2 aromatic rings. The lowest BCUT2D eigenvalue weighted by Crippen LogP contribution is -2.42. The van der Waals surface area contributed by atoms with Crippen molar-refractivity contribution >= 4 is 16.8 Å². The monoisotopic (exact) mass is 342 g/mol. The smallest absolute Gasteiger partial charge is 0.315 e. The number of carbonyl (C=O) groups is 1. The summed E-state index contributed by atoms with van der Waals surface area (Å²) >= 11 is 0. The van der Waals surface area contributed by atoms with Gasteiger partial charge in [0, 0.05) is 23.6 Å². The average molecular weight is 342 g/mol. The second-order valence-corrected chi connectivity index (χ2v) is 6.63. The first-order valence-corrected chi connectivity index (χ1v) is 9.01. The van der Waals surface area contributed by atoms with Gasteiger partial charge in [0.15, 0.2) is 0 Å². The van der Waals surface area contributed by atoms with Gasteiger partial charge in [0.05, 0.1) is 12.6 Å². The summed E-state index contributed by atoms with van der Waals surface area (Å²) in [6.45, 7) is 2.76. The summed E-state index contributed by atoms with van der Waals surface area (Å²) in [5.41, 5.74) is 1.04. The van der Waals surface area contributed by atoms with Crippen molar-refractivity contribution in [2.24, 2.45) is 0 Å². The summed E-state index contributed by atoms with van der Waals surface area (Å²) in [4.78, 5) is 12.3. The lowest BCUT2D eigenvalue weighted by Gasteiger charge is -2.21. The predicted octanol–water partition coefficient (Wildman–Crippen LogP) is 3.51. The lowest BCUT2D eigenvalue weighted by atomic mass is 9.98. The zero-order valence-electron chi connectivity index (χ0n) is 14.6. The molecule has 0 spiro atoms. The van der Waals surface area contributed by atoms with E-state index in [-0.39, 0.29) is 24.7 Å². The molecule has 5 nitrogen and oxygen atoms in total. The van der Waals surface area contributed by atoms with Crippen LogP contribution in [0.25, 0.3) is 10.8 Å². The minimum atomic E-state index is -0.170. The third kappa shape index (κ3) is 4.23. The van der Waals surface area contributed by atoms with E-state index in [9.17, 15) is 4.79 Å². The van der Waals surface area contributed by atoms with Gasteiger partial charge in [-0.1, -0.05) is 36.4 Å². The highest BCUT2D eigenvalue weighted by molar-refractivity contribution is 5.90. The van der Waals surface area contributed by atoms with Crippen molar-refractivity contribution in [2.75, 3.05) is 13.2 Å². The van der Waals surface area contributed by atoms with Crippen LogP contribution in [0.5, 0.6) is 5.75 Å². The van der Waals surface area contributed by atoms with Crippen molar-refractivity contribution in [3.63, 3.8) is 0 Å². The maximum Gasteiger partial charge on any atom is 0.315 e. The van der Waals surface area contributed by atoms with E-state index in [0.29, 0.717) is 13.0 Å². The normalized spacial score (nSPS) is 17.9. The van der Waals surface area contributed by atoms with Crippen LogP contribution >= 0.6 is 0 Å². The van der Waals surface area contributed by atoms with Crippen LogP contribution in [-0.2, 0) is 0 Å². The maximum atomic E-state index is 12.3. The number of nitrogens with one attached hydrogen (secondary N) is 2. The molecular formula is C20H26N2O3. The molecule has 1 aliphatic heterocycles. The minimum Gasteiger partial charge on any atom is -0.493 e. The van der Waals surface area contributed by atoms with Gasteiger partial charge in [-0.15, -0.1) is 0 Å². The van der Waals surface area contributed by atoms with Crippen LogP contribution in [0, 0.1) is 0 Å². The molecule has 2 aromatic carbocycles. The molecule has 0 fully saturated rings. The van der Waals surface area contributed by atoms with E-state index >= 15 is 0 Å². The Kier molecular flexibility index (Phi) is 5.76. The highest BCUT2D eigenvalue weighted by Gasteiger charge is 2.23. The molecule has 2 amide bonds. The number of urea groups is 1. The summed E-state index contributed by atoms with van der Waals surface area (Å²) in [5, 5.41) is 17.2. The first-order valence-electron chi connectivity index (χ1n) is 9.01. The van der Waals surface area contributed by atoms with Gasteiger partial charge in [-0.05, 0) is 38.0 Å². The number of hydrogen-bond donors (Lipinski definition) is 3. The van der Waals surface area contributed by atoms with Crippen LogP contribution < -0.4 is 15.4 Å². The number of carbonyl (C=O) groups excluding carboxylic acids is 1. The number of hydrogen-bond acceptors (Lipinski definition) is 3. The highest BCUT2D eigenvalue weighted by atomic mass is 16.5. The second-order valence-electron chi connectivity index (χ2n) is 6.63. The summed E-state index contributed by atoms with van der Waals surface area (Å²) < 4.78 is 6.01. The molecule has 5 heteroatoms. The Morgan fingerprint density at radius 1 is 1.32 bits per heavy atom. The number of rotatable bonds is 5. The van der Waals surface area contributed by atoms with Gasteiger partial charge >= 0.3 is 6.03 Å². The van der Waals surface area contributed by atoms with Crippen LogP contribution in [-0.4, -0.2) is 30.4 Å². The fraction of sp³-hybridized carbons (Fsp3) is 0.450. The van der Waals surface area contributed by atoms with Crippen molar-refractivity contribution in [2.45, 2.75) is 44.7 Å². The van der Waals surface area contributed by atoms with E-state index in [1.165, 1.54) is 0 Å². The van der Waals surface area contributed by atoms with Crippen LogP contribution in [0.1, 0.15) is 44.2 Å². The topological polar surface area (TPSA) is 70.6 Å². The quantitative estimate of drug-likeness (QED) is 0.779. The van der Waals surface area contributed by atoms with E-state index in [2.05, 4.69) is 34.9 Å². The molecule has 1 aliphatic rings. The maximum absolute atomic E-state index is 12.3. The number of amides is 2. The van der Waals surface area contributed by atoms with E-state index in [1.54, 1.807) is 0 Å². The zero-order valence-corrected chi connectivity index (χ0v) is 14.6. The van der Waals surface area contributed by atoms with Crippen molar-refractivity contribution in [3.8, 4) is 5.75 Å². The van der Waals surface area contributed by atoms with Gasteiger partial charge in [0.25, 0.3) is 0 Å². The average Bonchev–Trinajstić information content (AvgIpc) is 2.82. The molecule has 2 atom stereocenters. The molecule has 3 N–H and O–H groups in total. The molecular weight excluding hydrogens is 316 g/mol. The fourth-order valence-electron chi connectivity index (χ4n) is 3.36. The molecule has 1 heterocycles. The number of fused-ring (bicyclic) bond motifs is 3. The Morgan fingerprint density at radius 2 is 2.16 bits per heavy atom.